The van der Waals surface area contributed by atoms with Crippen LogP contribution in [0.15, 0.2) is 24.3 Å². The van der Waals surface area contributed by atoms with Gasteiger partial charge in [-0.3, -0.25) is 0 Å². The Morgan fingerprint density at radius 1 is 1.32 bits per heavy atom. The number of benzene rings is 1. The van der Waals surface area contributed by atoms with Gasteiger partial charge >= 0.3 is 0 Å². The Labute approximate surface area is 116 Å². The smallest absolute Gasteiger partial charge is 0.127 e. The summed E-state index contributed by atoms with van der Waals surface area (Å²) in [5.74, 6) is -0.119. The van der Waals surface area contributed by atoms with Crippen LogP contribution in [0, 0.1) is 5.82 Å². The maximum absolute atomic E-state index is 13.6. The van der Waals surface area contributed by atoms with Crippen molar-refractivity contribution in [3.63, 3.8) is 0 Å². The van der Waals surface area contributed by atoms with Gasteiger partial charge in [0.2, 0.25) is 0 Å². The van der Waals surface area contributed by atoms with E-state index in [0.717, 1.165) is 24.7 Å². The molecule has 1 fully saturated rings. The Kier molecular flexibility index (Phi) is 5.34. The van der Waals surface area contributed by atoms with Crippen molar-refractivity contribution in [2.75, 3.05) is 20.1 Å². The van der Waals surface area contributed by atoms with Gasteiger partial charge in [-0.05, 0) is 32.9 Å². The summed E-state index contributed by atoms with van der Waals surface area (Å²) in [5.41, 5.74) is 0.756. The van der Waals surface area contributed by atoms with Crippen LogP contribution in [0.4, 0.5) is 4.39 Å². The molecule has 1 unspecified atom stereocenters. The molecule has 106 valence electrons. The van der Waals surface area contributed by atoms with Crippen LogP contribution in [-0.4, -0.2) is 31.1 Å². The Hall–Kier alpha value is -0.930. The van der Waals surface area contributed by atoms with E-state index in [1.165, 1.54) is 31.7 Å². The minimum absolute atomic E-state index is 0.0678. The summed E-state index contributed by atoms with van der Waals surface area (Å²) in [4.78, 5) is 2.44. The Bertz CT molecular complexity index is 388. The standard InChI is InChI=1S/C16H25FN2/c1-13(15-9-5-6-10-16(15)17)18-11-12-19(2)14-7-3-4-8-14/h5-6,9-10,13-14,18H,3-4,7-8,11-12H2,1-2H3. The van der Waals surface area contributed by atoms with Crippen LogP contribution in [0.3, 0.4) is 0 Å². The lowest BCUT2D eigenvalue weighted by atomic mass is 10.1. The van der Waals surface area contributed by atoms with E-state index in [1.807, 2.05) is 19.1 Å². The van der Waals surface area contributed by atoms with E-state index in [9.17, 15) is 4.39 Å². The third kappa shape index (κ3) is 4.02. The SMILES string of the molecule is CC(NCCN(C)C1CCCC1)c1ccccc1F. The quantitative estimate of drug-likeness (QED) is 0.847. The van der Waals surface area contributed by atoms with Crippen molar-refractivity contribution >= 4 is 0 Å². The molecule has 0 bridgehead atoms. The third-order valence-corrected chi connectivity index (χ3v) is 4.23. The molecule has 1 atom stereocenters. The molecule has 0 radical (unpaired) electrons. The van der Waals surface area contributed by atoms with Gasteiger partial charge in [0.05, 0.1) is 0 Å². The van der Waals surface area contributed by atoms with Crippen LogP contribution in [0.2, 0.25) is 0 Å². The van der Waals surface area contributed by atoms with Crippen LogP contribution >= 0.6 is 0 Å². The van der Waals surface area contributed by atoms with E-state index < -0.39 is 0 Å². The maximum Gasteiger partial charge on any atom is 0.127 e. The first-order valence-corrected chi connectivity index (χ1v) is 7.36. The highest BCUT2D eigenvalue weighted by Crippen LogP contribution is 2.22. The monoisotopic (exact) mass is 264 g/mol. The average Bonchev–Trinajstić information content (AvgIpc) is 2.93. The lowest BCUT2D eigenvalue weighted by Crippen LogP contribution is -2.36. The molecule has 1 aliphatic carbocycles. The van der Waals surface area contributed by atoms with Gasteiger partial charge in [-0.2, -0.15) is 0 Å². The Morgan fingerprint density at radius 3 is 2.68 bits per heavy atom. The van der Waals surface area contributed by atoms with Gasteiger partial charge < -0.3 is 10.2 Å². The molecule has 0 aliphatic heterocycles. The minimum atomic E-state index is -0.119. The second-order valence-electron chi connectivity index (χ2n) is 5.62. The van der Waals surface area contributed by atoms with Gasteiger partial charge in [-0.1, -0.05) is 31.0 Å². The predicted molar refractivity (Wildman–Crippen MR) is 77.7 cm³/mol. The lowest BCUT2D eigenvalue weighted by Gasteiger charge is -2.25. The highest BCUT2D eigenvalue weighted by molar-refractivity contribution is 5.20. The van der Waals surface area contributed by atoms with Gasteiger partial charge in [0, 0.05) is 30.7 Å². The zero-order valence-electron chi connectivity index (χ0n) is 12.0. The maximum atomic E-state index is 13.6. The number of hydrogen-bond donors (Lipinski definition) is 1. The van der Waals surface area contributed by atoms with Crippen molar-refractivity contribution in [3.8, 4) is 0 Å². The van der Waals surface area contributed by atoms with Crippen molar-refractivity contribution in [3.05, 3.63) is 35.6 Å². The van der Waals surface area contributed by atoms with E-state index in [0.29, 0.717) is 0 Å². The highest BCUT2D eigenvalue weighted by atomic mass is 19.1. The zero-order valence-corrected chi connectivity index (χ0v) is 12.0. The lowest BCUT2D eigenvalue weighted by molar-refractivity contribution is 0.242. The summed E-state index contributed by atoms with van der Waals surface area (Å²) in [6.45, 7) is 3.96. The van der Waals surface area contributed by atoms with Gasteiger partial charge in [0.15, 0.2) is 0 Å². The number of nitrogens with zero attached hydrogens (tertiary/aromatic N) is 1. The third-order valence-electron chi connectivity index (χ3n) is 4.23. The molecule has 2 nitrogen and oxygen atoms in total. The first-order valence-electron chi connectivity index (χ1n) is 7.36. The molecular weight excluding hydrogens is 239 g/mol. The van der Waals surface area contributed by atoms with E-state index in [4.69, 9.17) is 0 Å². The molecule has 19 heavy (non-hydrogen) atoms. The fraction of sp³-hybridized carbons (Fsp3) is 0.625. The summed E-state index contributed by atoms with van der Waals surface area (Å²) in [6.07, 6.45) is 5.40. The number of likely N-dealkylation sites (N-methyl/N-ethyl adjacent to an activating group) is 1. The Balaban J connectivity index is 1.74. The molecule has 1 aromatic rings. The second-order valence-corrected chi connectivity index (χ2v) is 5.62. The normalized spacial score (nSPS) is 18.1. The molecule has 2 rings (SSSR count). The average molecular weight is 264 g/mol. The van der Waals surface area contributed by atoms with Crippen LogP contribution in [0.1, 0.15) is 44.2 Å². The molecule has 0 heterocycles. The van der Waals surface area contributed by atoms with Gasteiger partial charge in [-0.15, -0.1) is 0 Å². The van der Waals surface area contributed by atoms with Crippen LogP contribution < -0.4 is 5.32 Å². The molecule has 3 heteroatoms. The van der Waals surface area contributed by atoms with Crippen molar-refractivity contribution in [2.24, 2.45) is 0 Å². The number of halogens is 1. The van der Waals surface area contributed by atoms with Gasteiger partial charge in [0.25, 0.3) is 0 Å². The molecule has 1 aromatic carbocycles. The second kappa shape index (κ2) is 7.01. The largest absolute Gasteiger partial charge is 0.309 e. The van der Waals surface area contributed by atoms with Crippen LogP contribution in [0.5, 0.6) is 0 Å². The Morgan fingerprint density at radius 2 is 2.00 bits per heavy atom. The van der Waals surface area contributed by atoms with Gasteiger partial charge in [0.1, 0.15) is 5.82 Å². The molecular formula is C16H25FN2. The number of rotatable bonds is 6. The van der Waals surface area contributed by atoms with Crippen molar-refractivity contribution in [1.82, 2.24) is 10.2 Å². The van der Waals surface area contributed by atoms with Crippen molar-refractivity contribution < 1.29 is 4.39 Å². The predicted octanol–water partition coefficient (Wildman–Crippen LogP) is 3.35. The molecule has 1 N–H and O–H groups in total. The fourth-order valence-corrected chi connectivity index (χ4v) is 2.92. The van der Waals surface area contributed by atoms with Crippen LogP contribution in [-0.2, 0) is 0 Å². The highest BCUT2D eigenvalue weighted by Gasteiger charge is 2.19. The first-order chi connectivity index (χ1) is 9.18. The summed E-state index contributed by atoms with van der Waals surface area (Å²) < 4.78 is 13.6. The molecule has 0 amide bonds. The fourth-order valence-electron chi connectivity index (χ4n) is 2.92. The van der Waals surface area contributed by atoms with E-state index in [1.54, 1.807) is 6.07 Å². The van der Waals surface area contributed by atoms with E-state index >= 15 is 0 Å². The summed E-state index contributed by atoms with van der Waals surface area (Å²) in [6, 6.07) is 7.83. The van der Waals surface area contributed by atoms with E-state index in [2.05, 4.69) is 17.3 Å². The minimum Gasteiger partial charge on any atom is -0.309 e. The van der Waals surface area contributed by atoms with Crippen LogP contribution in [0.25, 0.3) is 0 Å². The topological polar surface area (TPSA) is 15.3 Å². The molecule has 1 saturated carbocycles. The number of nitrogens with one attached hydrogen (secondary N) is 1. The van der Waals surface area contributed by atoms with Crippen molar-refractivity contribution in [2.45, 2.75) is 44.7 Å². The summed E-state index contributed by atoms with van der Waals surface area (Å²) in [7, 11) is 2.20. The molecule has 0 aromatic heterocycles. The first kappa shape index (κ1) is 14.5. The van der Waals surface area contributed by atoms with Crippen molar-refractivity contribution in [1.29, 1.82) is 0 Å². The molecule has 0 saturated heterocycles. The number of hydrogen-bond acceptors (Lipinski definition) is 2. The molecule has 1 aliphatic rings. The summed E-state index contributed by atoms with van der Waals surface area (Å²) in [5, 5.41) is 3.41. The van der Waals surface area contributed by atoms with Gasteiger partial charge in [-0.25, -0.2) is 4.39 Å². The molecule has 0 spiro atoms. The van der Waals surface area contributed by atoms with E-state index in [-0.39, 0.29) is 11.9 Å². The zero-order chi connectivity index (χ0) is 13.7. The summed E-state index contributed by atoms with van der Waals surface area (Å²) >= 11 is 0.